The summed E-state index contributed by atoms with van der Waals surface area (Å²) in [5, 5.41) is 14.8. The first-order chi connectivity index (χ1) is 20.2. The summed E-state index contributed by atoms with van der Waals surface area (Å²) in [5.41, 5.74) is 2.95. The number of hydrogen-bond donors (Lipinski definition) is 2. The Morgan fingerprint density at radius 2 is 1.71 bits per heavy atom. The smallest absolute Gasteiger partial charge is 0.305 e. The molecule has 4 rings (SSSR count). The maximum atomic E-state index is 13.9. The summed E-state index contributed by atoms with van der Waals surface area (Å²) < 4.78 is 7.34. The van der Waals surface area contributed by atoms with Crippen LogP contribution >= 0.6 is 0 Å². The molecule has 0 saturated heterocycles. The lowest BCUT2D eigenvalue weighted by Gasteiger charge is -2.25. The van der Waals surface area contributed by atoms with Crippen molar-refractivity contribution in [3.05, 3.63) is 112 Å². The van der Waals surface area contributed by atoms with Crippen LogP contribution in [0.3, 0.4) is 0 Å². The molecule has 7 heteroatoms. The summed E-state index contributed by atoms with van der Waals surface area (Å²) in [4.78, 5) is 39.6. The fourth-order valence-electron chi connectivity index (χ4n) is 5.39. The van der Waals surface area contributed by atoms with Crippen LogP contribution in [-0.4, -0.2) is 27.7 Å². The van der Waals surface area contributed by atoms with Crippen LogP contribution in [0.25, 0.3) is 10.8 Å². The first-order valence-electron chi connectivity index (χ1n) is 14.6. The van der Waals surface area contributed by atoms with Gasteiger partial charge in [0.25, 0.3) is 5.56 Å². The molecule has 1 unspecified atom stereocenters. The number of pyridine rings is 1. The fraction of sp³-hybridized carbons (Fsp3) is 0.343. The number of aromatic nitrogens is 1. The van der Waals surface area contributed by atoms with Gasteiger partial charge in [-0.25, -0.2) is 0 Å². The van der Waals surface area contributed by atoms with Gasteiger partial charge in [-0.2, -0.15) is 0 Å². The van der Waals surface area contributed by atoms with E-state index in [1.807, 2.05) is 58.0 Å². The van der Waals surface area contributed by atoms with Gasteiger partial charge in [0, 0.05) is 18.2 Å². The molecule has 0 aliphatic carbocycles. The second-order valence-electron chi connectivity index (χ2n) is 11.1. The number of nitrogens with zero attached hydrogens (tertiary/aromatic N) is 1. The molecule has 3 aromatic carbocycles. The predicted octanol–water partition coefficient (Wildman–Crippen LogP) is 6.75. The lowest BCUT2D eigenvalue weighted by Crippen LogP contribution is -2.40. The summed E-state index contributed by atoms with van der Waals surface area (Å²) >= 11 is 0. The normalized spacial score (nSPS) is 12.7. The molecule has 1 aromatic heterocycles. The number of unbranched alkanes of at least 4 members (excludes halogenated alkanes) is 1. The van der Waals surface area contributed by atoms with E-state index in [1.54, 1.807) is 30.5 Å². The van der Waals surface area contributed by atoms with Crippen molar-refractivity contribution < 1.29 is 19.4 Å². The van der Waals surface area contributed by atoms with Gasteiger partial charge in [-0.1, -0.05) is 74.4 Å². The maximum absolute atomic E-state index is 13.9. The predicted molar refractivity (Wildman–Crippen MR) is 166 cm³/mol. The van der Waals surface area contributed by atoms with E-state index in [0.29, 0.717) is 29.7 Å². The summed E-state index contributed by atoms with van der Waals surface area (Å²) in [6.07, 6.45) is 3.86. The highest BCUT2D eigenvalue weighted by Crippen LogP contribution is 2.26. The Balaban J connectivity index is 1.69. The van der Waals surface area contributed by atoms with Crippen molar-refractivity contribution >= 4 is 22.6 Å². The molecule has 0 radical (unpaired) electrons. The molecule has 7 nitrogen and oxygen atoms in total. The van der Waals surface area contributed by atoms with Crippen LogP contribution in [0.5, 0.6) is 5.75 Å². The number of hydrogen-bond acceptors (Lipinski definition) is 4. The summed E-state index contributed by atoms with van der Waals surface area (Å²) in [7, 11) is 0. The van der Waals surface area contributed by atoms with E-state index < -0.39 is 18.1 Å². The number of carbonyl (C=O) groups excluding carboxylic acids is 1. The van der Waals surface area contributed by atoms with Gasteiger partial charge >= 0.3 is 5.97 Å². The Morgan fingerprint density at radius 3 is 2.45 bits per heavy atom. The molecular weight excluding hydrogens is 528 g/mol. The molecule has 1 heterocycles. The fourth-order valence-corrected chi connectivity index (χ4v) is 5.39. The van der Waals surface area contributed by atoms with Crippen molar-refractivity contribution in [3.8, 4) is 5.75 Å². The van der Waals surface area contributed by atoms with E-state index in [2.05, 4.69) is 23.5 Å². The maximum Gasteiger partial charge on any atom is 0.305 e. The Labute approximate surface area is 247 Å². The highest BCUT2D eigenvalue weighted by atomic mass is 16.5. The van der Waals surface area contributed by atoms with Crippen LogP contribution in [0.15, 0.2) is 83.8 Å². The first-order valence-corrected chi connectivity index (χ1v) is 14.6. The highest BCUT2D eigenvalue weighted by molar-refractivity contribution is 5.86. The van der Waals surface area contributed by atoms with Crippen molar-refractivity contribution in [2.45, 2.75) is 78.0 Å². The molecule has 0 spiro atoms. The lowest BCUT2D eigenvalue weighted by molar-refractivity contribution is -0.138. The molecule has 42 heavy (non-hydrogen) atoms. The summed E-state index contributed by atoms with van der Waals surface area (Å²) in [6, 6.07) is 21.6. The van der Waals surface area contributed by atoms with Crippen LogP contribution in [-0.2, 0) is 16.0 Å². The third-order valence-corrected chi connectivity index (χ3v) is 7.31. The Morgan fingerprint density at radius 1 is 0.976 bits per heavy atom. The molecule has 0 bridgehead atoms. The molecule has 0 saturated carbocycles. The van der Waals surface area contributed by atoms with Gasteiger partial charge in [-0.3, -0.25) is 14.4 Å². The van der Waals surface area contributed by atoms with Gasteiger partial charge in [-0.15, -0.1) is 0 Å². The summed E-state index contributed by atoms with van der Waals surface area (Å²) in [6.45, 7) is 7.78. The molecule has 220 valence electrons. The number of nitrogens with one attached hydrogen (secondary N) is 1. The molecular formula is C35H40N2O5. The van der Waals surface area contributed by atoms with Crippen molar-refractivity contribution in [2.24, 2.45) is 0 Å². The van der Waals surface area contributed by atoms with Gasteiger partial charge in [0.05, 0.1) is 18.6 Å². The van der Waals surface area contributed by atoms with Crippen LogP contribution in [0.2, 0.25) is 0 Å². The Kier molecular flexibility index (Phi) is 10.2. The lowest BCUT2D eigenvalue weighted by atomic mass is 9.98. The Hall–Kier alpha value is -4.39. The number of rotatable bonds is 13. The first kappa shape index (κ1) is 30.6. The third kappa shape index (κ3) is 7.66. The van der Waals surface area contributed by atoms with Gasteiger partial charge in [0.1, 0.15) is 11.8 Å². The molecule has 1 amide bonds. The Bertz CT molecular complexity index is 1600. The minimum atomic E-state index is -1.04. The number of amides is 1. The topological polar surface area (TPSA) is 97.6 Å². The average Bonchev–Trinajstić information content (AvgIpc) is 2.95. The number of carbonyl (C=O) groups is 2. The van der Waals surface area contributed by atoms with Crippen LogP contribution in [0.1, 0.15) is 80.8 Å². The number of carboxylic acids is 1. The minimum Gasteiger partial charge on any atom is -0.491 e. The molecule has 2 atom stereocenters. The zero-order valence-electron chi connectivity index (χ0n) is 24.8. The van der Waals surface area contributed by atoms with Gasteiger partial charge in [-0.05, 0) is 72.9 Å². The number of ether oxygens (including phenoxy) is 1. The molecule has 0 fully saturated rings. The van der Waals surface area contributed by atoms with Crippen molar-refractivity contribution in [3.63, 3.8) is 0 Å². The van der Waals surface area contributed by atoms with Crippen LogP contribution in [0, 0.1) is 6.92 Å². The standard InChI is InChI=1S/C35H40N2O5/c1-5-6-17-32(34(40)36-31(21-33(38)39)27-14-10-15-29(20-27)42-23(2)3)37-22-24(4)18-28(35(37)41)19-26-13-9-12-25-11-7-8-16-30(25)26/h7-16,18,20,22-23,31-32H,5-6,17,19,21H2,1-4H3,(H,36,40)(H,38,39)/t31-,32?/m0/s1. The van der Waals surface area contributed by atoms with E-state index in [1.165, 1.54) is 4.57 Å². The van der Waals surface area contributed by atoms with Crippen molar-refractivity contribution in [2.75, 3.05) is 0 Å². The SMILES string of the molecule is CCCCC(C(=O)N[C@@H](CC(=O)O)c1cccc(OC(C)C)c1)n1cc(C)cc(Cc2cccc3ccccc23)c1=O. The monoisotopic (exact) mass is 568 g/mol. The van der Waals surface area contributed by atoms with Crippen LogP contribution < -0.4 is 15.6 Å². The van der Waals surface area contributed by atoms with E-state index in [4.69, 9.17) is 4.74 Å². The van der Waals surface area contributed by atoms with Crippen LogP contribution in [0.4, 0.5) is 0 Å². The number of benzene rings is 3. The van der Waals surface area contributed by atoms with Crippen molar-refractivity contribution in [1.29, 1.82) is 0 Å². The zero-order valence-corrected chi connectivity index (χ0v) is 24.8. The van der Waals surface area contributed by atoms with E-state index in [0.717, 1.165) is 34.7 Å². The average molecular weight is 569 g/mol. The van der Waals surface area contributed by atoms with Gasteiger partial charge < -0.3 is 19.7 Å². The van der Waals surface area contributed by atoms with Crippen molar-refractivity contribution in [1.82, 2.24) is 9.88 Å². The number of carboxylic acid groups (broad SMARTS) is 1. The second kappa shape index (κ2) is 14.0. The number of aliphatic carboxylic acids is 1. The second-order valence-corrected chi connectivity index (χ2v) is 11.1. The van der Waals surface area contributed by atoms with Gasteiger partial charge in [0.15, 0.2) is 0 Å². The minimum absolute atomic E-state index is 0.0533. The van der Waals surface area contributed by atoms with Gasteiger partial charge in [0.2, 0.25) is 5.91 Å². The summed E-state index contributed by atoms with van der Waals surface area (Å²) in [5.74, 6) is -0.818. The molecule has 2 N–H and O–H groups in total. The zero-order chi connectivity index (χ0) is 30.2. The number of fused-ring (bicyclic) bond motifs is 1. The van der Waals surface area contributed by atoms with E-state index in [9.17, 15) is 19.5 Å². The largest absolute Gasteiger partial charge is 0.491 e. The van der Waals surface area contributed by atoms with E-state index >= 15 is 0 Å². The molecule has 4 aromatic rings. The molecule has 0 aliphatic heterocycles. The molecule has 0 aliphatic rings. The highest BCUT2D eigenvalue weighted by Gasteiger charge is 2.27. The van der Waals surface area contributed by atoms with E-state index in [-0.39, 0.29) is 24.0 Å². The number of aryl methyl sites for hydroxylation is 1. The quantitative estimate of drug-likeness (QED) is 0.186. The third-order valence-electron chi connectivity index (χ3n) is 7.31.